The van der Waals surface area contributed by atoms with Crippen molar-refractivity contribution in [2.45, 2.75) is 44.9 Å². The molecule has 0 saturated heterocycles. The molecule has 3 aromatic heterocycles. The summed E-state index contributed by atoms with van der Waals surface area (Å²) in [7, 11) is 0. The van der Waals surface area contributed by atoms with E-state index in [1.807, 2.05) is 0 Å². The van der Waals surface area contributed by atoms with E-state index in [9.17, 15) is 14.9 Å². The molecule has 3 heterocycles. The molecule has 9 nitrogen and oxygen atoms in total. The van der Waals surface area contributed by atoms with Gasteiger partial charge in [0.1, 0.15) is 0 Å². The van der Waals surface area contributed by atoms with Crippen LogP contribution in [0.1, 0.15) is 49.4 Å². The van der Waals surface area contributed by atoms with Gasteiger partial charge in [-0.3, -0.25) is 19.5 Å². The second-order valence-corrected chi connectivity index (χ2v) is 7.79. The Kier molecular flexibility index (Phi) is 4.30. The number of rotatable bonds is 3. The maximum Gasteiger partial charge on any atom is 0.274 e. The van der Waals surface area contributed by atoms with Crippen LogP contribution in [-0.2, 0) is 0 Å². The Morgan fingerprint density at radius 1 is 1.17 bits per heavy atom. The maximum atomic E-state index is 13.1. The molecule has 5 rings (SSSR count). The smallest absolute Gasteiger partial charge is 0.274 e. The number of nitrogens with zero attached hydrogens (tertiary/aromatic N) is 6. The summed E-state index contributed by atoms with van der Waals surface area (Å²) in [6.07, 6.45) is 8.89. The molecule has 1 fully saturated rings. The maximum absolute atomic E-state index is 13.1. The molecule has 9 heteroatoms. The van der Waals surface area contributed by atoms with Crippen molar-refractivity contribution < 1.29 is 4.92 Å². The van der Waals surface area contributed by atoms with Crippen LogP contribution >= 0.6 is 0 Å². The Bertz CT molecular complexity index is 1350. The van der Waals surface area contributed by atoms with Gasteiger partial charge in [0.25, 0.3) is 17.0 Å². The molecule has 0 bridgehead atoms. The van der Waals surface area contributed by atoms with Gasteiger partial charge in [0.2, 0.25) is 0 Å². The number of fused-ring (bicyclic) bond motifs is 3. The fraction of sp³-hybridized carbons (Fsp3) is 0.333. The Labute approximate surface area is 171 Å². The standard InChI is InChI=1S/C21H20N6O3/c1-13-7-8-15(11-18(13)27(29)30)25-10-9-17-16(20(25)28)12-22-21-23-19(24-26(17)21)14-5-3-2-4-6-14/h7-12,14H,2-6H2,1H3. The zero-order chi connectivity index (χ0) is 20.8. The first-order valence-electron chi connectivity index (χ1n) is 10.1. The average molecular weight is 404 g/mol. The predicted octanol–water partition coefficient (Wildman–Crippen LogP) is 3.69. The van der Waals surface area contributed by atoms with Crippen LogP contribution in [0.3, 0.4) is 0 Å². The zero-order valence-corrected chi connectivity index (χ0v) is 16.5. The van der Waals surface area contributed by atoms with Crippen LogP contribution < -0.4 is 5.56 Å². The van der Waals surface area contributed by atoms with Crippen molar-refractivity contribution in [3.63, 3.8) is 0 Å². The molecule has 0 spiro atoms. The van der Waals surface area contributed by atoms with E-state index in [-0.39, 0.29) is 11.2 Å². The number of pyridine rings is 1. The number of nitro groups is 1. The van der Waals surface area contributed by atoms with Crippen LogP contribution in [0.15, 0.2) is 41.5 Å². The number of aromatic nitrogens is 5. The summed E-state index contributed by atoms with van der Waals surface area (Å²) in [6.45, 7) is 1.67. The van der Waals surface area contributed by atoms with E-state index in [1.165, 1.54) is 36.1 Å². The lowest BCUT2D eigenvalue weighted by Gasteiger charge is -2.17. The number of benzene rings is 1. The molecule has 1 aromatic carbocycles. The fourth-order valence-corrected chi connectivity index (χ4v) is 4.22. The summed E-state index contributed by atoms with van der Waals surface area (Å²) in [5.74, 6) is 1.60. The van der Waals surface area contributed by atoms with Gasteiger partial charge in [-0.05, 0) is 31.9 Å². The molecular weight excluding hydrogens is 384 g/mol. The zero-order valence-electron chi connectivity index (χ0n) is 16.5. The third-order valence-electron chi connectivity index (χ3n) is 5.89. The number of hydrogen-bond donors (Lipinski definition) is 0. The minimum atomic E-state index is -0.446. The van der Waals surface area contributed by atoms with Gasteiger partial charge in [-0.2, -0.15) is 9.50 Å². The van der Waals surface area contributed by atoms with Gasteiger partial charge < -0.3 is 0 Å². The highest BCUT2D eigenvalue weighted by Crippen LogP contribution is 2.31. The molecule has 0 N–H and O–H groups in total. The molecule has 1 saturated carbocycles. The molecule has 0 atom stereocenters. The lowest BCUT2D eigenvalue weighted by atomic mass is 9.89. The molecule has 1 aliphatic rings. The van der Waals surface area contributed by atoms with Crippen LogP contribution in [0.2, 0.25) is 0 Å². The first-order valence-corrected chi connectivity index (χ1v) is 10.1. The first-order chi connectivity index (χ1) is 14.5. The highest BCUT2D eigenvalue weighted by molar-refractivity contribution is 5.79. The molecule has 30 heavy (non-hydrogen) atoms. The minimum absolute atomic E-state index is 0.0264. The first kappa shape index (κ1) is 18.4. The second kappa shape index (κ2) is 7.01. The molecule has 0 radical (unpaired) electrons. The largest absolute Gasteiger partial charge is 0.283 e. The van der Waals surface area contributed by atoms with Crippen molar-refractivity contribution in [3.8, 4) is 5.69 Å². The molecule has 152 valence electrons. The number of aryl methyl sites for hydroxylation is 1. The molecule has 0 amide bonds. The molecule has 0 aliphatic heterocycles. The number of hydrogen-bond acceptors (Lipinski definition) is 6. The van der Waals surface area contributed by atoms with Crippen molar-refractivity contribution in [2.24, 2.45) is 0 Å². The van der Waals surface area contributed by atoms with Crippen molar-refractivity contribution in [3.05, 3.63) is 68.5 Å². The number of nitro benzene ring substituents is 1. The normalized spacial score (nSPS) is 15.1. The van der Waals surface area contributed by atoms with E-state index in [0.717, 1.165) is 18.7 Å². The van der Waals surface area contributed by atoms with Gasteiger partial charge in [-0.1, -0.05) is 25.3 Å². The van der Waals surface area contributed by atoms with Crippen molar-refractivity contribution in [1.82, 2.24) is 24.1 Å². The summed E-state index contributed by atoms with van der Waals surface area (Å²) in [6, 6.07) is 6.51. The van der Waals surface area contributed by atoms with E-state index in [2.05, 4.69) is 15.1 Å². The summed E-state index contributed by atoms with van der Waals surface area (Å²) in [5.41, 5.74) is 1.26. The third-order valence-corrected chi connectivity index (χ3v) is 5.89. The summed E-state index contributed by atoms with van der Waals surface area (Å²) in [4.78, 5) is 32.9. The second-order valence-electron chi connectivity index (χ2n) is 7.79. The van der Waals surface area contributed by atoms with Gasteiger partial charge >= 0.3 is 0 Å². The van der Waals surface area contributed by atoms with Crippen molar-refractivity contribution in [1.29, 1.82) is 0 Å². The predicted molar refractivity (Wildman–Crippen MR) is 111 cm³/mol. The van der Waals surface area contributed by atoms with E-state index in [1.54, 1.807) is 35.8 Å². The Morgan fingerprint density at radius 3 is 2.73 bits per heavy atom. The average Bonchev–Trinajstić information content (AvgIpc) is 3.20. The lowest BCUT2D eigenvalue weighted by molar-refractivity contribution is -0.385. The van der Waals surface area contributed by atoms with E-state index < -0.39 is 4.92 Å². The fourth-order valence-electron chi connectivity index (χ4n) is 4.22. The third kappa shape index (κ3) is 2.94. The highest BCUT2D eigenvalue weighted by Gasteiger charge is 2.21. The van der Waals surface area contributed by atoms with Gasteiger partial charge in [0.15, 0.2) is 5.82 Å². The van der Waals surface area contributed by atoms with Crippen LogP contribution in [0.5, 0.6) is 0 Å². The quantitative estimate of drug-likeness (QED) is 0.381. The van der Waals surface area contributed by atoms with Crippen LogP contribution in [0, 0.1) is 17.0 Å². The Balaban J connectivity index is 1.64. The SMILES string of the molecule is Cc1ccc(-n2ccc3c(cnc4nc(C5CCCCC5)nn43)c2=O)cc1[N+](=O)[O-]. The Morgan fingerprint density at radius 2 is 1.97 bits per heavy atom. The van der Waals surface area contributed by atoms with Crippen molar-refractivity contribution in [2.75, 3.05) is 0 Å². The van der Waals surface area contributed by atoms with Crippen molar-refractivity contribution >= 4 is 22.4 Å². The summed E-state index contributed by atoms with van der Waals surface area (Å²) in [5, 5.41) is 16.3. The highest BCUT2D eigenvalue weighted by atomic mass is 16.6. The van der Waals surface area contributed by atoms with Gasteiger partial charge in [0, 0.05) is 29.9 Å². The molecular formula is C21H20N6O3. The molecule has 1 aliphatic carbocycles. The van der Waals surface area contributed by atoms with E-state index >= 15 is 0 Å². The lowest BCUT2D eigenvalue weighted by Crippen LogP contribution is -2.19. The monoisotopic (exact) mass is 404 g/mol. The van der Waals surface area contributed by atoms with Crippen LogP contribution in [0.4, 0.5) is 5.69 Å². The van der Waals surface area contributed by atoms with Crippen LogP contribution in [0.25, 0.3) is 22.4 Å². The molecule has 0 unspecified atom stereocenters. The van der Waals surface area contributed by atoms with E-state index in [0.29, 0.717) is 33.8 Å². The minimum Gasteiger partial charge on any atom is -0.283 e. The van der Waals surface area contributed by atoms with E-state index in [4.69, 9.17) is 0 Å². The topological polar surface area (TPSA) is 108 Å². The van der Waals surface area contributed by atoms with Gasteiger partial charge in [-0.15, -0.1) is 5.10 Å². The van der Waals surface area contributed by atoms with Gasteiger partial charge in [-0.25, -0.2) is 4.98 Å². The summed E-state index contributed by atoms with van der Waals surface area (Å²) >= 11 is 0. The van der Waals surface area contributed by atoms with Gasteiger partial charge in [0.05, 0.1) is 21.5 Å². The van der Waals surface area contributed by atoms with Crippen LogP contribution in [-0.4, -0.2) is 29.1 Å². The molecule has 4 aromatic rings. The summed E-state index contributed by atoms with van der Waals surface area (Å²) < 4.78 is 3.02. The Hall–Kier alpha value is -3.62.